The van der Waals surface area contributed by atoms with Crippen molar-refractivity contribution in [2.45, 2.75) is 20.8 Å². The Morgan fingerprint density at radius 1 is 1.33 bits per heavy atom. The summed E-state index contributed by atoms with van der Waals surface area (Å²) in [4.78, 5) is 1.26. The second-order valence-corrected chi connectivity index (χ2v) is 4.09. The number of likely N-dealkylation sites (N-methyl/N-ethyl adjacent to an activating group) is 1. The van der Waals surface area contributed by atoms with Crippen LogP contribution in [-0.4, -0.2) is 11.4 Å². The van der Waals surface area contributed by atoms with E-state index in [1.807, 2.05) is 25.2 Å². The number of rotatable bonds is 4. The van der Waals surface area contributed by atoms with Crippen molar-refractivity contribution in [2.24, 2.45) is 0 Å². The molecule has 2 heteroatoms. The fourth-order valence-corrected chi connectivity index (χ4v) is 1.40. The smallest absolute Gasteiger partial charge is 0.0421 e. The van der Waals surface area contributed by atoms with Gasteiger partial charge in [0.25, 0.3) is 0 Å². The molecule has 0 rings (SSSR count). The second kappa shape index (κ2) is 5.09. The number of allylic oxidation sites excluding steroid dienone is 3. The summed E-state index contributed by atoms with van der Waals surface area (Å²) in [5.41, 5.74) is 1.98. The Morgan fingerprint density at radius 3 is 2.17 bits per heavy atom. The first kappa shape index (κ1) is 11.4. The zero-order valence-electron chi connectivity index (χ0n) is 8.35. The molecular weight excluding hydrogens is 166 g/mol. The average molecular weight is 183 g/mol. The standard InChI is InChI=1S/C10H17NS/c1-7-9(4)12-11(6)10(5)8(2)3/h7H,2,5H2,1,3-4,6H3/b9-7-. The van der Waals surface area contributed by atoms with Crippen molar-refractivity contribution in [3.05, 3.63) is 35.4 Å². The van der Waals surface area contributed by atoms with Gasteiger partial charge in [-0.05, 0) is 43.2 Å². The van der Waals surface area contributed by atoms with E-state index in [9.17, 15) is 0 Å². The third-order valence-electron chi connectivity index (χ3n) is 1.56. The van der Waals surface area contributed by atoms with E-state index in [0.29, 0.717) is 0 Å². The highest BCUT2D eigenvalue weighted by Gasteiger charge is 2.02. The van der Waals surface area contributed by atoms with Gasteiger partial charge in [-0.15, -0.1) is 0 Å². The molecule has 0 aliphatic carbocycles. The van der Waals surface area contributed by atoms with Crippen LogP contribution in [-0.2, 0) is 0 Å². The first-order valence-electron chi connectivity index (χ1n) is 3.88. The van der Waals surface area contributed by atoms with Gasteiger partial charge < -0.3 is 4.31 Å². The topological polar surface area (TPSA) is 3.24 Å². The van der Waals surface area contributed by atoms with Gasteiger partial charge in [0.2, 0.25) is 0 Å². The van der Waals surface area contributed by atoms with Crippen molar-refractivity contribution < 1.29 is 0 Å². The molecule has 0 bridgehead atoms. The first-order chi connectivity index (χ1) is 5.49. The molecule has 0 atom stereocenters. The minimum Gasteiger partial charge on any atom is -0.316 e. The summed E-state index contributed by atoms with van der Waals surface area (Å²) >= 11 is 1.67. The zero-order chi connectivity index (χ0) is 9.72. The van der Waals surface area contributed by atoms with E-state index in [-0.39, 0.29) is 0 Å². The molecule has 1 nitrogen and oxygen atoms in total. The Kier molecular flexibility index (Phi) is 4.83. The number of hydrogen-bond acceptors (Lipinski definition) is 2. The highest BCUT2D eigenvalue weighted by molar-refractivity contribution is 8.00. The summed E-state index contributed by atoms with van der Waals surface area (Å²) in [5, 5.41) is 0. The molecule has 0 spiro atoms. The molecule has 0 fully saturated rings. The lowest BCUT2D eigenvalue weighted by atomic mass is 10.3. The molecule has 0 N–H and O–H groups in total. The normalized spacial score (nSPS) is 11.2. The average Bonchev–Trinajstić information content (AvgIpc) is 2.02. The van der Waals surface area contributed by atoms with Crippen LogP contribution in [0.15, 0.2) is 35.4 Å². The minimum atomic E-state index is 0.973. The maximum Gasteiger partial charge on any atom is 0.0421 e. The van der Waals surface area contributed by atoms with Crippen LogP contribution in [0.5, 0.6) is 0 Å². The molecule has 0 aliphatic rings. The molecule has 0 aliphatic heterocycles. The van der Waals surface area contributed by atoms with Crippen molar-refractivity contribution in [1.29, 1.82) is 0 Å². The van der Waals surface area contributed by atoms with Crippen LogP contribution in [0.2, 0.25) is 0 Å². The maximum atomic E-state index is 3.92. The first-order valence-corrected chi connectivity index (χ1v) is 4.65. The molecule has 0 aromatic carbocycles. The fraction of sp³-hybridized carbons (Fsp3) is 0.400. The van der Waals surface area contributed by atoms with Crippen LogP contribution in [0.4, 0.5) is 0 Å². The fourth-order valence-electron chi connectivity index (χ4n) is 0.593. The summed E-state index contributed by atoms with van der Waals surface area (Å²) in [6.45, 7) is 13.8. The largest absolute Gasteiger partial charge is 0.316 e. The third kappa shape index (κ3) is 3.67. The third-order valence-corrected chi connectivity index (χ3v) is 2.58. The van der Waals surface area contributed by atoms with Crippen molar-refractivity contribution in [2.75, 3.05) is 7.05 Å². The van der Waals surface area contributed by atoms with E-state index in [1.165, 1.54) is 4.91 Å². The molecule has 12 heavy (non-hydrogen) atoms. The summed E-state index contributed by atoms with van der Waals surface area (Å²) in [5.74, 6) is 0. The lowest BCUT2D eigenvalue weighted by Gasteiger charge is -2.20. The van der Waals surface area contributed by atoms with Crippen LogP contribution in [0.25, 0.3) is 0 Å². The Labute approximate surface area is 80.0 Å². The lowest BCUT2D eigenvalue weighted by Crippen LogP contribution is -2.07. The molecule has 0 saturated heterocycles. The van der Waals surface area contributed by atoms with Crippen molar-refractivity contribution in [3.8, 4) is 0 Å². The van der Waals surface area contributed by atoms with Gasteiger partial charge in [-0.25, -0.2) is 0 Å². The van der Waals surface area contributed by atoms with Crippen LogP contribution in [0, 0.1) is 0 Å². The van der Waals surface area contributed by atoms with Gasteiger partial charge in [0.05, 0.1) is 0 Å². The van der Waals surface area contributed by atoms with Gasteiger partial charge in [0, 0.05) is 12.7 Å². The van der Waals surface area contributed by atoms with Crippen LogP contribution in [0.3, 0.4) is 0 Å². The molecule has 0 aromatic heterocycles. The number of hydrogen-bond donors (Lipinski definition) is 0. The maximum absolute atomic E-state index is 3.92. The Bertz CT molecular complexity index is 216. The van der Waals surface area contributed by atoms with E-state index in [4.69, 9.17) is 0 Å². The van der Waals surface area contributed by atoms with Crippen LogP contribution >= 0.6 is 11.9 Å². The highest BCUT2D eigenvalue weighted by atomic mass is 32.2. The molecule has 0 amide bonds. The molecule has 0 heterocycles. The molecular formula is C10H17NS. The molecule has 0 radical (unpaired) electrons. The van der Waals surface area contributed by atoms with E-state index in [0.717, 1.165) is 11.3 Å². The van der Waals surface area contributed by atoms with Gasteiger partial charge in [0.15, 0.2) is 0 Å². The van der Waals surface area contributed by atoms with Crippen molar-refractivity contribution in [1.82, 2.24) is 4.31 Å². The quantitative estimate of drug-likeness (QED) is 0.484. The molecule has 0 unspecified atom stereocenters. The van der Waals surface area contributed by atoms with Gasteiger partial charge in [-0.2, -0.15) is 0 Å². The Hall–Kier alpha value is -0.630. The van der Waals surface area contributed by atoms with Crippen molar-refractivity contribution in [3.63, 3.8) is 0 Å². The van der Waals surface area contributed by atoms with E-state index in [2.05, 4.69) is 26.2 Å². The van der Waals surface area contributed by atoms with E-state index in [1.54, 1.807) is 11.9 Å². The van der Waals surface area contributed by atoms with E-state index < -0.39 is 0 Å². The summed E-state index contributed by atoms with van der Waals surface area (Å²) in [6, 6.07) is 0. The summed E-state index contributed by atoms with van der Waals surface area (Å²) in [7, 11) is 1.99. The molecule has 68 valence electrons. The SMILES string of the molecule is C=C(C)C(=C)N(C)S/C(C)=C\C. The number of nitrogens with zero attached hydrogens (tertiary/aromatic N) is 1. The van der Waals surface area contributed by atoms with Crippen molar-refractivity contribution >= 4 is 11.9 Å². The predicted molar refractivity (Wildman–Crippen MR) is 58.7 cm³/mol. The van der Waals surface area contributed by atoms with Crippen LogP contribution < -0.4 is 0 Å². The lowest BCUT2D eigenvalue weighted by molar-refractivity contribution is 0.721. The second-order valence-electron chi connectivity index (χ2n) is 2.72. The monoisotopic (exact) mass is 183 g/mol. The Balaban J connectivity index is 4.13. The van der Waals surface area contributed by atoms with Gasteiger partial charge in [-0.3, -0.25) is 0 Å². The highest BCUT2D eigenvalue weighted by Crippen LogP contribution is 2.24. The minimum absolute atomic E-state index is 0.973. The predicted octanol–water partition coefficient (Wildman–Crippen LogP) is 3.58. The molecule has 0 saturated carbocycles. The van der Waals surface area contributed by atoms with Gasteiger partial charge in [0.1, 0.15) is 0 Å². The zero-order valence-corrected chi connectivity index (χ0v) is 9.16. The van der Waals surface area contributed by atoms with Crippen LogP contribution in [0.1, 0.15) is 20.8 Å². The molecule has 0 aromatic rings. The Morgan fingerprint density at radius 2 is 1.83 bits per heavy atom. The summed E-state index contributed by atoms with van der Waals surface area (Å²) in [6.07, 6.45) is 2.08. The summed E-state index contributed by atoms with van der Waals surface area (Å²) < 4.78 is 2.03. The van der Waals surface area contributed by atoms with E-state index >= 15 is 0 Å². The van der Waals surface area contributed by atoms with Gasteiger partial charge >= 0.3 is 0 Å². The van der Waals surface area contributed by atoms with Gasteiger partial charge in [-0.1, -0.05) is 19.2 Å².